The smallest absolute Gasteiger partial charge is 0.317 e. The molecule has 2 aliphatic heterocycles. The summed E-state index contributed by atoms with van der Waals surface area (Å²) >= 11 is 0. The van der Waals surface area contributed by atoms with Gasteiger partial charge in [-0.05, 0) is 24.6 Å². The Morgan fingerprint density at radius 2 is 2.08 bits per heavy atom. The maximum absolute atomic E-state index is 12.8. The van der Waals surface area contributed by atoms with Crippen molar-refractivity contribution in [3.05, 3.63) is 35.4 Å². The average Bonchev–Trinajstić information content (AvgIpc) is 2.61. The van der Waals surface area contributed by atoms with Gasteiger partial charge in [0.25, 0.3) is 0 Å². The van der Waals surface area contributed by atoms with Gasteiger partial charge in [0.05, 0.1) is 38.4 Å². The fourth-order valence-corrected chi connectivity index (χ4v) is 3.63. The first kappa shape index (κ1) is 18.8. The van der Waals surface area contributed by atoms with Crippen molar-refractivity contribution in [2.24, 2.45) is 0 Å². The summed E-state index contributed by atoms with van der Waals surface area (Å²) in [7, 11) is 1.74. The molecule has 1 N–H and O–H groups in total. The number of ether oxygens (including phenoxy) is 2. The Labute approximate surface area is 153 Å². The van der Waals surface area contributed by atoms with Crippen LogP contribution in [0.5, 0.6) is 0 Å². The maximum atomic E-state index is 12.8. The Balaban J connectivity index is 1.56. The van der Waals surface area contributed by atoms with Crippen molar-refractivity contribution in [1.82, 2.24) is 9.80 Å². The minimum absolute atomic E-state index is 0.0412. The lowest BCUT2D eigenvalue weighted by Crippen LogP contribution is -2.50. The Morgan fingerprint density at radius 1 is 1.27 bits per heavy atom. The van der Waals surface area contributed by atoms with E-state index in [0.29, 0.717) is 39.3 Å². The van der Waals surface area contributed by atoms with Crippen LogP contribution in [0.3, 0.4) is 0 Å². The molecular weight excluding hydrogens is 336 g/mol. The second kappa shape index (κ2) is 8.62. The van der Waals surface area contributed by atoms with Crippen LogP contribution in [0, 0.1) is 0 Å². The molecule has 0 aliphatic carbocycles. The van der Waals surface area contributed by atoms with Crippen molar-refractivity contribution in [1.29, 1.82) is 0 Å². The predicted octanol–water partition coefficient (Wildman–Crippen LogP) is 0.934. The molecule has 1 amide bonds. The van der Waals surface area contributed by atoms with Gasteiger partial charge in [-0.25, -0.2) is 0 Å². The van der Waals surface area contributed by atoms with Crippen molar-refractivity contribution in [2.75, 3.05) is 46.4 Å². The molecule has 1 aromatic rings. The first-order chi connectivity index (χ1) is 12.5. The largest absolute Gasteiger partial charge is 0.480 e. The van der Waals surface area contributed by atoms with Crippen LogP contribution in [0.1, 0.15) is 23.7 Å². The van der Waals surface area contributed by atoms with Crippen molar-refractivity contribution >= 4 is 11.9 Å². The molecule has 2 heterocycles. The van der Waals surface area contributed by atoms with Gasteiger partial charge in [0, 0.05) is 19.6 Å². The number of morpholine rings is 1. The van der Waals surface area contributed by atoms with Gasteiger partial charge >= 0.3 is 5.97 Å². The van der Waals surface area contributed by atoms with Crippen LogP contribution in [0.25, 0.3) is 0 Å². The molecule has 0 unspecified atom stereocenters. The van der Waals surface area contributed by atoms with E-state index in [0.717, 1.165) is 12.0 Å². The number of carboxylic acid groups (broad SMARTS) is 1. The molecule has 1 aromatic carbocycles. The van der Waals surface area contributed by atoms with Crippen LogP contribution in [0.15, 0.2) is 24.3 Å². The molecular formula is C19H26N2O5. The first-order valence-electron chi connectivity index (χ1n) is 9.02. The van der Waals surface area contributed by atoms with Gasteiger partial charge in [0.2, 0.25) is 5.91 Å². The van der Waals surface area contributed by atoms with Gasteiger partial charge in [-0.3, -0.25) is 14.5 Å². The van der Waals surface area contributed by atoms with Crippen LogP contribution in [-0.2, 0) is 25.5 Å². The van der Waals surface area contributed by atoms with Gasteiger partial charge in [0.1, 0.15) is 0 Å². The molecule has 26 heavy (non-hydrogen) atoms. The van der Waals surface area contributed by atoms with Crippen LogP contribution in [-0.4, -0.2) is 79.3 Å². The third-order valence-electron chi connectivity index (χ3n) is 4.86. The quantitative estimate of drug-likeness (QED) is 0.811. The number of carbonyl (C=O) groups excluding carboxylic acids is 1. The normalized spacial score (nSPS) is 22.9. The van der Waals surface area contributed by atoms with E-state index < -0.39 is 5.97 Å². The van der Waals surface area contributed by atoms with Crippen LogP contribution in [0.2, 0.25) is 0 Å². The highest BCUT2D eigenvalue weighted by Crippen LogP contribution is 2.30. The molecule has 142 valence electrons. The summed E-state index contributed by atoms with van der Waals surface area (Å²) in [5, 5.41) is 8.86. The third kappa shape index (κ3) is 4.81. The number of fused-ring (bicyclic) bond motifs is 1. The number of benzene rings is 1. The fourth-order valence-electron chi connectivity index (χ4n) is 3.63. The van der Waals surface area contributed by atoms with E-state index >= 15 is 0 Å². The summed E-state index contributed by atoms with van der Waals surface area (Å²) < 4.78 is 11.5. The van der Waals surface area contributed by atoms with E-state index in [9.17, 15) is 9.59 Å². The molecule has 7 nitrogen and oxygen atoms in total. The summed E-state index contributed by atoms with van der Waals surface area (Å²) in [6, 6.07) is 8.13. The number of nitrogens with zero attached hydrogens (tertiary/aromatic N) is 2. The van der Waals surface area contributed by atoms with Gasteiger partial charge in [-0.2, -0.15) is 0 Å². The molecule has 2 aliphatic rings. The molecule has 0 radical (unpaired) electrons. The van der Waals surface area contributed by atoms with Crippen LogP contribution >= 0.6 is 0 Å². The zero-order chi connectivity index (χ0) is 18.5. The minimum Gasteiger partial charge on any atom is -0.480 e. The van der Waals surface area contributed by atoms with E-state index in [4.69, 9.17) is 14.6 Å². The highest BCUT2D eigenvalue weighted by Gasteiger charge is 2.29. The Morgan fingerprint density at radius 3 is 2.88 bits per heavy atom. The zero-order valence-electron chi connectivity index (χ0n) is 15.1. The predicted molar refractivity (Wildman–Crippen MR) is 94.9 cm³/mol. The lowest BCUT2D eigenvalue weighted by molar-refractivity contribution is -0.144. The number of hydrogen-bond acceptors (Lipinski definition) is 5. The number of rotatable bonds is 6. The molecule has 2 atom stereocenters. The first-order valence-corrected chi connectivity index (χ1v) is 9.02. The standard InChI is InChI=1S/C19H26N2O5/c1-20(13-19(23)24)11-15-12-21(7-9-25-15)18(22)10-17-16-5-3-2-4-14(16)6-8-26-17/h2-5,15,17H,6-13H2,1H3,(H,23,24)/t15-,17+/m1/s1. The lowest BCUT2D eigenvalue weighted by atomic mass is 9.95. The summed E-state index contributed by atoms with van der Waals surface area (Å²) in [5.74, 6) is -0.815. The summed E-state index contributed by atoms with van der Waals surface area (Å²) in [4.78, 5) is 27.1. The lowest BCUT2D eigenvalue weighted by Gasteiger charge is -2.35. The summed E-state index contributed by atoms with van der Waals surface area (Å²) in [6.07, 6.45) is 0.852. The Hall–Kier alpha value is -1.96. The monoisotopic (exact) mass is 362 g/mol. The molecule has 0 bridgehead atoms. The van der Waals surface area contributed by atoms with E-state index in [1.165, 1.54) is 5.56 Å². The van der Waals surface area contributed by atoms with Crippen LogP contribution < -0.4 is 0 Å². The molecule has 0 aromatic heterocycles. The van der Waals surface area contributed by atoms with Crippen molar-refractivity contribution in [3.8, 4) is 0 Å². The summed E-state index contributed by atoms with van der Waals surface area (Å²) in [6.45, 7) is 2.60. The number of carbonyl (C=O) groups is 2. The van der Waals surface area contributed by atoms with Crippen molar-refractivity contribution in [3.63, 3.8) is 0 Å². The van der Waals surface area contributed by atoms with Crippen LogP contribution in [0.4, 0.5) is 0 Å². The fraction of sp³-hybridized carbons (Fsp3) is 0.579. The van der Waals surface area contributed by atoms with Gasteiger partial charge in [-0.15, -0.1) is 0 Å². The third-order valence-corrected chi connectivity index (χ3v) is 4.86. The maximum Gasteiger partial charge on any atom is 0.317 e. The highest BCUT2D eigenvalue weighted by molar-refractivity contribution is 5.77. The number of likely N-dealkylation sites (N-methyl/N-ethyl adjacent to an activating group) is 1. The molecule has 0 spiro atoms. The van der Waals surface area contributed by atoms with E-state index in [1.807, 2.05) is 23.1 Å². The average molecular weight is 362 g/mol. The Kier molecular flexibility index (Phi) is 6.24. The number of carboxylic acids is 1. The number of amides is 1. The summed E-state index contributed by atoms with van der Waals surface area (Å²) in [5.41, 5.74) is 2.37. The van der Waals surface area contributed by atoms with Crippen molar-refractivity contribution in [2.45, 2.75) is 25.0 Å². The van der Waals surface area contributed by atoms with Crippen molar-refractivity contribution < 1.29 is 24.2 Å². The highest BCUT2D eigenvalue weighted by atomic mass is 16.5. The zero-order valence-corrected chi connectivity index (χ0v) is 15.1. The molecule has 1 saturated heterocycles. The van der Waals surface area contributed by atoms with Gasteiger partial charge in [0.15, 0.2) is 0 Å². The Bertz CT molecular complexity index is 651. The van der Waals surface area contributed by atoms with Gasteiger partial charge < -0.3 is 19.5 Å². The minimum atomic E-state index is -0.871. The number of hydrogen-bond donors (Lipinski definition) is 1. The molecule has 1 fully saturated rings. The number of aliphatic carboxylic acids is 1. The molecule has 7 heteroatoms. The van der Waals surface area contributed by atoms with E-state index in [2.05, 4.69) is 6.07 Å². The second-order valence-electron chi connectivity index (χ2n) is 6.94. The molecule has 0 saturated carbocycles. The second-order valence-corrected chi connectivity index (χ2v) is 6.94. The SMILES string of the molecule is CN(CC(=O)O)C[C@@H]1CN(C(=O)C[C@@H]2OCCc3ccccc32)CCO1. The van der Waals surface area contributed by atoms with Gasteiger partial charge in [-0.1, -0.05) is 24.3 Å². The molecule has 3 rings (SSSR count). The van der Waals surface area contributed by atoms with E-state index in [1.54, 1.807) is 11.9 Å². The van der Waals surface area contributed by atoms with E-state index in [-0.39, 0.29) is 24.7 Å². The topological polar surface area (TPSA) is 79.3 Å².